The molecule has 0 bridgehead atoms. The summed E-state index contributed by atoms with van der Waals surface area (Å²) < 4.78 is 61.4. The topological polar surface area (TPSA) is 46.2 Å². The summed E-state index contributed by atoms with van der Waals surface area (Å²) in [6.07, 6.45) is -5.72. The first-order valence-electron chi connectivity index (χ1n) is 5.33. The highest BCUT2D eigenvalue weighted by atomic mass is 35.5. The number of halogens is 6. The maximum atomic E-state index is 12.7. The summed E-state index contributed by atoms with van der Waals surface area (Å²) in [7, 11) is 0. The third-order valence-electron chi connectivity index (χ3n) is 2.62. The van der Waals surface area contributed by atoms with Gasteiger partial charge in [0.2, 0.25) is 0 Å². The van der Waals surface area contributed by atoms with Crippen molar-refractivity contribution < 1.29 is 31.5 Å². The number of carbonyl (C=O) groups is 2. The van der Waals surface area contributed by atoms with Gasteiger partial charge in [0.15, 0.2) is 5.78 Å². The molecule has 0 aliphatic heterocycles. The number of hydrogen-bond acceptors (Lipinski definition) is 2. The maximum Gasteiger partial charge on any atom is 0.463 e. The van der Waals surface area contributed by atoms with Crippen LogP contribution in [0, 0.1) is 5.92 Å². The summed E-state index contributed by atoms with van der Waals surface area (Å²) in [4.78, 5) is 22.3. The van der Waals surface area contributed by atoms with Crippen LogP contribution in [0.2, 0.25) is 0 Å². The molecular formula is C10H13ClF5NO2. The van der Waals surface area contributed by atoms with E-state index in [-0.39, 0.29) is 0 Å². The average molecular weight is 310 g/mol. The highest BCUT2D eigenvalue weighted by Gasteiger charge is 2.63. The number of nitrogens with one attached hydrogen (secondary N) is 1. The van der Waals surface area contributed by atoms with E-state index >= 15 is 0 Å². The van der Waals surface area contributed by atoms with Crippen LogP contribution >= 0.6 is 11.6 Å². The van der Waals surface area contributed by atoms with E-state index in [1.54, 1.807) is 6.92 Å². The number of rotatable bonds is 6. The summed E-state index contributed by atoms with van der Waals surface area (Å²) in [5, 5.41) is 1.42. The Kier molecular flexibility index (Phi) is 6.18. The maximum absolute atomic E-state index is 12.7. The molecule has 0 aliphatic carbocycles. The molecule has 0 saturated heterocycles. The predicted octanol–water partition coefficient (Wildman–Crippen LogP) is 2.52. The molecule has 0 fully saturated rings. The van der Waals surface area contributed by atoms with Crippen molar-refractivity contribution in [2.75, 3.05) is 5.88 Å². The molecule has 0 radical (unpaired) electrons. The van der Waals surface area contributed by atoms with Gasteiger partial charge in [-0.2, -0.15) is 22.0 Å². The summed E-state index contributed by atoms with van der Waals surface area (Å²) in [5.74, 6) is -10.1. The lowest BCUT2D eigenvalue weighted by Gasteiger charge is -2.25. The lowest BCUT2D eigenvalue weighted by Crippen LogP contribution is -2.56. The van der Waals surface area contributed by atoms with Gasteiger partial charge in [0.05, 0.1) is 11.9 Å². The normalized spacial score (nSPS) is 15.8. The molecule has 0 heterocycles. The molecule has 3 nitrogen and oxygen atoms in total. The molecule has 0 aliphatic rings. The summed E-state index contributed by atoms with van der Waals surface area (Å²) in [6, 6.07) is -1.47. The van der Waals surface area contributed by atoms with Crippen LogP contribution in [-0.2, 0) is 9.59 Å². The van der Waals surface area contributed by atoms with Crippen molar-refractivity contribution in [1.82, 2.24) is 5.32 Å². The first kappa shape index (κ1) is 18.1. The predicted molar refractivity (Wildman–Crippen MR) is 58.1 cm³/mol. The Morgan fingerprint density at radius 2 is 1.68 bits per heavy atom. The van der Waals surface area contributed by atoms with Crippen molar-refractivity contribution in [3.63, 3.8) is 0 Å². The second-order valence-electron chi connectivity index (χ2n) is 4.01. The molecule has 0 aromatic heterocycles. The Morgan fingerprint density at radius 1 is 1.21 bits per heavy atom. The largest absolute Gasteiger partial charge is 0.463 e. The fourth-order valence-corrected chi connectivity index (χ4v) is 1.39. The highest BCUT2D eigenvalue weighted by molar-refractivity contribution is 6.28. The number of ketones is 1. The quantitative estimate of drug-likeness (QED) is 0.605. The van der Waals surface area contributed by atoms with E-state index < -0.39 is 41.6 Å². The Hall–Kier alpha value is -0.920. The highest BCUT2D eigenvalue weighted by Crippen LogP contribution is 2.35. The van der Waals surface area contributed by atoms with Crippen LogP contribution in [0.1, 0.15) is 20.3 Å². The lowest BCUT2D eigenvalue weighted by molar-refractivity contribution is -0.270. The minimum atomic E-state index is -6.01. The van der Waals surface area contributed by atoms with Crippen molar-refractivity contribution in [3.05, 3.63) is 0 Å². The van der Waals surface area contributed by atoms with Gasteiger partial charge in [-0.25, -0.2) is 0 Å². The zero-order chi connectivity index (χ0) is 15.4. The van der Waals surface area contributed by atoms with E-state index in [2.05, 4.69) is 0 Å². The Morgan fingerprint density at radius 3 is 2.00 bits per heavy atom. The van der Waals surface area contributed by atoms with Gasteiger partial charge in [-0.05, 0) is 5.92 Å². The van der Waals surface area contributed by atoms with Crippen LogP contribution in [0.25, 0.3) is 0 Å². The second kappa shape index (κ2) is 6.49. The molecular weight excluding hydrogens is 297 g/mol. The van der Waals surface area contributed by atoms with Crippen LogP contribution in [-0.4, -0.2) is 35.7 Å². The van der Waals surface area contributed by atoms with Gasteiger partial charge in [0.1, 0.15) is 0 Å². The molecule has 0 saturated carbocycles. The number of hydrogen-bond donors (Lipinski definition) is 1. The first-order valence-corrected chi connectivity index (χ1v) is 5.86. The second-order valence-corrected chi connectivity index (χ2v) is 4.28. The molecule has 9 heteroatoms. The van der Waals surface area contributed by atoms with Crippen LogP contribution in [0.4, 0.5) is 22.0 Å². The van der Waals surface area contributed by atoms with Crippen molar-refractivity contribution in [2.24, 2.45) is 5.92 Å². The molecule has 0 spiro atoms. The van der Waals surface area contributed by atoms with Crippen LogP contribution in [0.3, 0.4) is 0 Å². The molecule has 0 aromatic rings. The van der Waals surface area contributed by atoms with Crippen molar-refractivity contribution in [1.29, 1.82) is 0 Å². The fourth-order valence-electron chi connectivity index (χ4n) is 1.22. The molecule has 1 N–H and O–H groups in total. The Bertz CT molecular complexity index is 345. The zero-order valence-corrected chi connectivity index (χ0v) is 10.9. The average Bonchev–Trinajstić information content (AvgIpc) is 2.32. The fraction of sp³-hybridized carbons (Fsp3) is 0.800. The SMILES string of the molecule is CCC(C)C(NC(=O)C(F)(F)C(F)(F)F)C(=O)CCl. The summed E-state index contributed by atoms with van der Waals surface area (Å²) in [6.45, 7) is 3.02. The van der Waals surface area contributed by atoms with Gasteiger partial charge in [-0.15, -0.1) is 11.6 Å². The molecule has 0 rings (SSSR count). The lowest BCUT2D eigenvalue weighted by atomic mass is 9.95. The van der Waals surface area contributed by atoms with E-state index in [4.69, 9.17) is 11.6 Å². The van der Waals surface area contributed by atoms with E-state index in [0.717, 1.165) is 0 Å². The van der Waals surface area contributed by atoms with Crippen LogP contribution < -0.4 is 5.32 Å². The van der Waals surface area contributed by atoms with E-state index in [1.807, 2.05) is 0 Å². The van der Waals surface area contributed by atoms with Gasteiger partial charge >= 0.3 is 18.0 Å². The minimum Gasteiger partial charge on any atom is -0.340 e. The molecule has 2 atom stereocenters. The van der Waals surface area contributed by atoms with Crippen molar-refractivity contribution in [3.8, 4) is 0 Å². The molecule has 1 amide bonds. The van der Waals surface area contributed by atoms with Crippen molar-refractivity contribution >= 4 is 23.3 Å². The third-order valence-corrected chi connectivity index (χ3v) is 2.88. The van der Waals surface area contributed by atoms with Gasteiger partial charge in [0, 0.05) is 0 Å². The Balaban J connectivity index is 5.07. The molecule has 0 aromatic carbocycles. The van der Waals surface area contributed by atoms with Crippen LogP contribution in [0.15, 0.2) is 0 Å². The zero-order valence-electron chi connectivity index (χ0n) is 10.2. The Labute approximate surface area is 111 Å². The number of Topliss-reactive ketones (excluding diaryl/α,β-unsaturated/α-hetero) is 1. The molecule has 112 valence electrons. The standard InChI is InChI=1S/C10H13ClF5NO2/c1-3-5(2)7(6(18)4-11)17-8(19)9(12,13)10(14,15)16/h5,7H,3-4H2,1-2H3,(H,17,19). The third kappa shape index (κ3) is 4.29. The van der Waals surface area contributed by atoms with E-state index in [0.29, 0.717) is 6.42 Å². The smallest absolute Gasteiger partial charge is 0.340 e. The van der Waals surface area contributed by atoms with Crippen molar-refractivity contribution in [2.45, 2.75) is 38.4 Å². The first-order chi connectivity index (χ1) is 8.48. The number of alkyl halides is 6. The summed E-state index contributed by atoms with van der Waals surface area (Å²) in [5.41, 5.74) is 0. The molecule has 19 heavy (non-hydrogen) atoms. The van der Waals surface area contributed by atoms with Gasteiger partial charge < -0.3 is 5.32 Å². The monoisotopic (exact) mass is 309 g/mol. The minimum absolute atomic E-state index is 0.297. The van der Waals surface area contributed by atoms with Gasteiger partial charge in [-0.3, -0.25) is 9.59 Å². The number of amides is 1. The summed E-state index contributed by atoms with van der Waals surface area (Å²) >= 11 is 5.22. The van der Waals surface area contributed by atoms with E-state index in [1.165, 1.54) is 12.2 Å². The van der Waals surface area contributed by atoms with E-state index in [9.17, 15) is 31.5 Å². The van der Waals surface area contributed by atoms with Crippen LogP contribution in [0.5, 0.6) is 0 Å². The molecule has 2 unspecified atom stereocenters. The number of carbonyl (C=O) groups excluding carboxylic acids is 2. The van der Waals surface area contributed by atoms with Gasteiger partial charge in [0.25, 0.3) is 0 Å². The van der Waals surface area contributed by atoms with Gasteiger partial charge in [-0.1, -0.05) is 20.3 Å².